The lowest BCUT2D eigenvalue weighted by molar-refractivity contribution is -0.141. The van der Waals surface area contributed by atoms with Crippen molar-refractivity contribution < 1.29 is 22.3 Å². The summed E-state index contributed by atoms with van der Waals surface area (Å²) in [4.78, 5) is 13.0. The van der Waals surface area contributed by atoms with Crippen LogP contribution in [0.15, 0.2) is 0 Å². The lowest BCUT2D eigenvalue weighted by atomic mass is 9.83. The topological polar surface area (TPSA) is 98.5 Å². The molecule has 0 aromatic carbocycles. The fraction of sp³-hybridized carbons (Fsp3) is 0.950. The minimum absolute atomic E-state index is 0.0293. The molecule has 3 aliphatic carbocycles. The Morgan fingerprint density at radius 2 is 1.83 bits per heavy atom. The highest BCUT2D eigenvalue weighted by atomic mass is 35.5. The number of amides is 1. The molecule has 0 aromatic heterocycles. The number of rotatable bonds is 5. The van der Waals surface area contributed by atoms with Crippen molar-refractivity contribution in [2.75, 3.05) is 0 Å². The number of carbonyl (C=O) groups excluding carboxylic acids is 1. The molecule has 6 nitrogen and oxygen atoms in total. The molecule has 0 radical (unpaired) electrons. The fourth-order valence-electron chi connectivity index (χ4n) is 5.14. The molecule has 29 heavy (non-hydrogen) atoms. The summed E-state index contributed by atoms with van der Waals surface area (Å²) < 4.78 is 43.3. The Balaban J connectivity index is 1.61. The third kappa shape index (κ3) is 6.28. The third-order valence-electron chi connectivity index (χ3n) is 6.88. The average Bonchev–Trinajstić information content (AvgIpc) is 2.63. The lowest BCUT2D eigenvalue weighted by Gasteiger charge is -2.40. The van der Waals surface area contributed by atoms with E-state index in [1.165, 1.54) is 0 Å². The molecule has 9 heteroatoms. The van der Waals surface area contributed by atoms with E-state index < -0.39 is 21.4 Å². The molecule has 0 aromatic rings. The van der Waals surface area contributed by atoms with Crippen LogP contribution in [0.1, 0.15) is 71.1 Å². The van der Waals surface area contributed by atoms with Crippen molar-refractivity contribution in [2.45, 2.75) is 106 Å². The second-order valence-corrected chi connectivity index (χ2v) is 11.7. The Morgan fingerprint density at radius 3 is 2.52 bits per heavy atom. The Labute approximate surface area is 178 Å². The first-order valence-electron chi connectivity index (χ1n) is 10.9. The number of hydrogen-bond donors (Lipinski definition) is 2. The van der Waals surface area contributed by atoms with Crippen molar-refractivity contribution >= 4 is 27.5 Å². The van der Waals surface area contributed by atoms with Gasteiger partial charge in [0.1, 0.15) is 6.17 Å². The molecule has 3 aliphatic rings. The Kier molecular flexibility index (Phi) is 7.84. The van der Waals surface area contributed by atoms with Crippen LogP contribution in [0.4, 0.5) is 4.39 Å². The predicted octanol–water partition coefficient (Wildman–Crippen LogP) is 3.02. The van der Waals surface area contributed by atoms with Crippen molar-refractivity contribution in [3.05, 3.63) is 0 Å². The summed E-state index contributed by atoms with van der Waals surface area (Å²) in [6, 6.07) is -0.185. The number of nitrogens with two attached hydrogens (primary N) is 1. The first kappa shape index (κ1) is 23.2. The monoisotopic (exact) mass is 452 g/mol. The van der Waals surface area contributed by atoms with Gasteiger partial charge in [-0.2, -0.15) is 0 Å². The van der Waals surface area contributed by atoms with Gasteiger partial charge in [-0.05, 0) is 63.7 Å². The third-order valence-corrected chi connectivity index (χ3v) is 8.63. The summed E-state index contributed by atoms with van der Waals surface area (Å²) in [6.45, 7) is 2.00. The molecule has 168 valence electrons. The summed E-state index contributed by atoms with van der Waals surface area (Å²) in [5.41, 5.74) is 0. The summed E-state index contributed by atoms with van der Waals surface area (Å²) in [5.74, 6) is -0.285. The quantitative estimate of drug-likeness (QED) is 0.626. The Morgan fingerprint density at radius 1 is 1.07 bits per heavy atom. The molecule has 3 fully saturated rings. The summed E-state index contributed by atoms with van der Waals surface area (Å²) >= 11 is 6.37. The highest BCUT2D eigenvalue weighted by Gasteiger charge is 2.40. The predicted molar refractivity (Wildman–Crippen MR) is 111 cm³/mol. The van der Waals surface area contributed by atoms with E-state index in [-0.39, 0.29) is 41.4 Å². The van der Waals surface area contributed by atoms with Gasteiger partial charge in [0.05, 0.1) is 23.4 Å². The number of hydrogen-bond acceptors (Lipinski definition) is 4. The maximum Gasteiger partial charge on any atom is 0.225 e. The molecule has 0 heterocycles. The van der Waals surface area contributed by atoms with Crippen LogP contribution in [0.2, 0.25) is 0 Å². The molecule has 8 unspecified atom stereocenters. The Hall–Kier alpha value is -0.440. The number of alkyl halides is 2. The zero-order valence-electron chi connectivity index (χ0n) is 17.1. The van der Waals surface area contributed by atoms with Crippen molar-refractivity contribution in [1.29, 1.82) is 0 Å². The fourth-order valence-corrected chi connectivity index (χ4v) is 6.44. The molecule has 3 rings (SSSR count). The highest BCUT2D eigenvalue weighted by Crippen LogP contribution is 2.36. The van der Waals surface area contributed by atoms with Gasteiger partial charge < -0.3 is 10.1 Å². The van der Waals surface area contributed by atoms with Crippen LogP contribution in [-0.2, 0) is 19.6 Å². The number of ether oxygens (including phenoxy) is 1. The van der Waals surface area contributed by atoms with Crippen molar-refractivity contribution in [1.82, 2.24) is 5.32 Å². The minimum Gasteiger partial charge on any atom is -0.374 e. The van der Waals surface area contributed by atoms with Crippen LogP contribution in [-0.4, -0.2) is 49.4 Å². The second-order valence-electron chi connectivity index (χ2n) is 9.20. The van der Waals surface area contributed by atoms with Crippen molar-refractivity contribution in [2.24, 2.45) is 17.0 Å². The first-order valence-corrected chi connectivity index (χ1v) is 12.9. The molecule has 3 saturated carbocycles. The molecule has 1 amide bonds. The zero-order chi connectivity index (χ0) is 21.2. The summed E-state index contributed by atoms with van der Waals surface area (Å²) in [7, 11) is -3.59. The summed E-state index contributed by atoms with van der Waals surface area (Å²) in [6.07, 6.45) is 4.94. The molecule has 3 N–H and O–H groups in total. The second kappa shape index (κ2) is 9.79. The Bertz CT molecular complexity index is 679. The van der Waals surface area contributed by atoms with Crippen LogP contribution in [0.3, 0.4) is 0 Å². The van der Waals surface area contributed by atoms with E-state index in [2.05, 4.69) is 5.32 Å². The van der Waals surface area contributed by atoms with E-state index in [9.17, 15) is 17.6 Å². The van der Waals surface area contributed by atoms with Gasteiger partial charge in [-0.3, -0.25) is 4.79 Å². The van der Waals surface area contributed by atoms with E-state index in [0.717, 1.165) is 19.3 Å². The van der Waals surface area contributed by atoms with Crippen molar-refractivity contribution in [3.63, 3.8) is 0 Å². The van der Waals surface area contributed by atoms with Crippen LogP contribution < -0.4 is 10.5 Å². The number of sulfonamides is 1. The van der Waals surface area contributed by atoms with Crippen LogP contribution in [0, 0.1) is 11.8 Å². The first-order chi connectivity index (χ1) is 13.6. The molecular weight excluding hydrogens is 419 g/mol. The maximum atomic E-state index is 13.6. The van der Waals surface area contributed by atoms with Gasteiger partial charge in [0, 0.05) is 11.4 Å². The minimum atomic E-state index is -3.59. The molecule has 8 atom stereocenters. The summed E-state index contributed by atoms with van der Waals surface area (Å²) in [5, 5.41) is 7.73. The SMILES string of the molecule is CC1CC(F)CCC1OC1CC(Cl)CCC1C(=O)NC1CCCC(S(N)(=O)=O)C1. The number of carbonyl (C=O) groups is 1. The average molecular weight is 453 g/mol. The van der Waals surface area contributed by atoms with Gasteiger partial charge in [-0.1, -0.05) is 13.3 Å². The van der Waals surface area contributed by atoms with E-state index in [0.29, 0.717) is 44.9 Å². The van der Waals surface area contributed by atoms with Gasteiger partial charge in [0.15, 0.2) is 0 Å². The largest absolute Gasteiger partial charge is 0.374 e. The van der Waals surface area contributed by atoms with Gasteiger partial charge in [-0.25, -0.2) is 17.9 Å². The van der Waals surface area contributed by atoms with Gasteiger partial charge in [0.2, 0.25) is 15.9 Å². The standard InChI is InChI=1S/C20H34ClFN2O4S/c1-12-9-14(22)6-8-18(12)28-19-10-13(21)5-7-17(19)20(25)24-15-3-2-4-16(11-15)29(23,26)27/h12-19H,2-11H2,1H3,(H,24,25)(H2,23,26,27). The van der Waals surface area contributed by atoms with Gasteiger partial charge in [0.25, 0.3) is 0 Å². The number of halogens is 2. The van der Waals surface area contributed by atoms with Crippen molar-refractivity contribution in [3.8, 4) is 0 Å². The molecular formula is C20H34ClFN2O4S. The number of nitrogens with one attached hydrogen (secondary N) is 1. The molecule has 0 spiro atoms. The van der Waals surface area contributed by atoms with Gasteiger partial charge >= 0.3 is 0 Å². The molecule has 0 aliphatic heterocycles. The van der Waals surface area contributed by atoms with Crippen LogP contribution in [0.5, 0.6) is 0 Å². The normalized spacial score (nSPS) is 41.7. The van der Waals surface area contributed by atoms with Gasteiger partial charge in [-0.15, -0.1) is 11.6 Å². The van der Waals surface area contributed by atoms with Crippen LogP contribution in [0.25, 0.3) is 0 Å². The lowest BCUT2D eigenvalue weighted by Crippen LogP contribution is -2.50. The molecule has 0 bridgehead atoms. The van der Waals surface area contributed by atoms with E-state index in [4.69, 9.17) is 21.5 Å². The highest BCUT2D eigenvalue weighted by molar-refractivity contribution is 7.89. The maximum absolute atomic E-state index is 13.6. The van der Waals surface area contributed by atoms with Crippen LogP contribution >= 0.6 is 11.6 Å². The van der Waals surface area contributed by atoms with E-state index in [1.54, 1.807) is 0 Å². The van der Waals surface area contributed by atoms with E-state index >= 15 is 0 Å². The zero-order valence-corrected chi connectivity index (χ0v) is 18.6. The number of primary sulfonamides is 1. The smallest absolute Gasteiger partial charge is 0.225 e. The molecule has 0 saturated heterocycles. The van der Waals surface area contributed by atoms with E-state index in [1.807, 2.05) is 6.92 Å².